The van der Waals surface area contributed by atoms with Gasteiger partial charge in [0.15, 0.2) is 5.82 Å². The minimum absolute atomic E-state index is 0.464. The Hall–Kier alpha value is -1.44. The van der Waals surface area contributed by atoms with Crippen LogP contribution in [0.4, 0.5) is 5.13 Å². The average Bonchev–Trinajstić information content (AvgIpc) is 3.04. The largest absolute Gasteiger partial charge is 0.476 e. The first-order valence-electron chi connectivity index (χ1n) is 7.56. The van der Waals surface area contributed by atoms with Crippen LogP contribution in [0.1, 0.15) is 18.7 Å². The van der Waals surface area contributed by atoms with Gasteiger partial charge in [0.05, 0.1) is 6.61 Å². The van der Waals surface area contributed by atoms with E-state index in [1.54, 1.807) is 25.4 Å². The summed E-state index contributed by atoms with van der Waals surface area (Å²) in [5, 5.41) is 1.54. The SMILES string of the molecule is COCc1nsc(N2CCC(COc3ncccc3Cl)CC2)n1. The number of pyridine rings is 1. The number of methoxy groups -OCH3 is 1. The van der Waals surface area contributed by atoms with Crippen molar-refractivity contribution in [2.75, 3.05) is 31.7 Å². The Morgan fingerprint density at radius 3 is 2.96 bits per heavy atom. The van der Waals surface area contributed by atoms with Crippen molar-refractivity contribution in [2.45, 2.75) is 19.4 Å². The number of halogens is 1. The standard InChI is InChI=1S/C15H19ClN4O2S/c1-21-10-13-18-15(23-19-13)20-7-4-11(5-8-20)9-22-14-12(16)3-2-6-17-14/h2-3,6,11H,4-5,7-10H2,1H3. The third-order valence-corrected chi connectivity index (χ3v) is 4.90. The zero-order valence-corrected chi connectivity index (χ0v) is 14.5. The predicted octanol–water partition coefficient (Wildman–Crippen LogP) is 3.03. The number of piperidine rings is 1. The highest BCUT2D eigenvalue weighted by Crippen LogP contribution is 2.26. The first-order chi connectivity index (χ1) is 11.3. The lowest BCUT2D eigenvalue weighted by Gasteiger charge is -2.31. The molecule has 23 heavy (non-hydrogen) atoms. The lowest BCUT2D eigenvalue weighted by Crippen LogP contribution is -2.35. The van der Waals surface area contributed by atoms with E-state index >= 15 is 0 Å². The van der Waals surface area contributed by atoms with Crippen LogP contribution in [0.5, 0.6) is 5.88 Å². The van der Waals surface area contributed by atoms with Gasteiger partial charge >= 0.3 is 0 Å². The fraction of sp³-hybridized carbons (Fsp3) is 0.533. The zero-order valence-electron chi connectivity index (χ0n) is 12.9. The molecule has 3 heterocycles. The number of nitrogens with zero attached hydrogens (tertiary/aromatic N) is 4. The number of anilines is 1. The molecule has 0 N–H and O–H groups in total. The summed E-state index contributed by atoms with van der Waals surface area (Å²) in [5.41, 5.74) is 0. The van der Waals surface area contributed by atoms with E-state index in [4.69, 9.17) is 21.1 Å². The molecular weight excluding hydrogens is 336 g/mol. The Labute approximate surface area is 144 Å². The molecule has 0 amide bonds. The molecule has 2 aromatic rings. The van der Waals surface area contributed by atoms with Crippen LogP contribution in [0.2, 0.25) is 5.02 Å². The van der Waals surface area contributed by atoms with Gasteiger partial charge in [0, 0.05) is 37.9 Å². The van der Waals surface area contributed by atoms with Gasteiger partial charge in [-0.25, -0.2) is 9.97 Å². The molecule has 0 radical (unpaired) electrons. The summed E-state index contributed by atoms with van der Waals surface area (Å²) in [6.45, 7) is 3.04. The van der Waals surface area contributed by atoms with Crippen LogP contribution in [-0.2, 0) is 11.3 Å². The van der Waals surface area contributed by atoms with Gasteiger partial charge < -0.3 is 14.4 Å². The Kier molecular flexibility index (Phi) is 5.64. The van der Waals surface area contributed by atoms with Crippen molar-refractivity contribution < 1.29 is 9.47 Å². The maximum absolute atomic E-state index is 6.05. The Morgan fingerprint density at radius 2 is 2.22 bits per heavy atom. The maximum Gasteiger partial charge on any atom is 0.232 e. The van der Waals surface area contributed by atoms with Crippen LogP contribution in [-0.4, -0.2) is 41.1 Å². The first kappa shape index (κ1) is 16.4. The molecule has 6 nitrogen and oxygen atoms in total. The van der Waals surface area contributed by atoms with Gasteiger partial charge in [0.1, 0.15) is 11.6 Å². The summed E-state index contributed by atoms with van der Waals surface area (Å²) < 4.78 is 15.1. The van der Waals surface area contributed by atoms with Crippen LogP contribution in [0.3, 0.4) is 0 Å². The second kappa shape index (κ2) is 7.90. The van der Waals surface area contributed by atoms with Crippen molar-refractivity contribution in [1.82, 2.24) is 14.3 Å². The molecule has 1 aliphatic heterocycles. The van der Waals surface area contributed by atoms with E-state index in [1.807, 2.05) is 0 Å². The van der Waals surface area contributed by atoms with E-state index in [9.17, 15) is 0 Å². The molecule has 0 atom stereocenters. The van der Waals surface area contributed by atoms with Crippen LogP contribution in [0.25, 0.3) is 0 Å². The van der Waals surface area contributed by atoms with Gasteiger partial charge in [0.25, 0.3) is 0 Å². The van der Waals surface area contributed by atoms with Crippen LogP contribution < -0.4 is 9.64 Å². The van der Waals surface area contributed by atoms with E-state index in [-0.39, 0.29) is 0 Å². The number of hydrogen-bond acceptors (Lipinski definition) is 7. The van der Waals surface area contributed by atoms with E-state index in [2.05, 4.69) is 19.2 Å². The number of aromatic nitrogens is 3. The average molecular weight is 355 g/mol. The Morgan fingerprint density at radius 1 is 1.39 bits per heavy atom. The van der Waals surface area contributed by atoms with Crippen molar-refractivity contribution in [1.29, 1.82) is 0 Å². The molecule has 0 aliphatic carbocycles. The molecule has 0 saturated carbocycles. The van der Waals surface area contributed by atoms with Crippen molar-refractivity contribution in [2.24, 2.45) is 5.92 Å². The Bertz CT molecular complexity index is 631. The van der Waals surface area contributed by atoms with E-state index in [0.717, 1.165) is 36.9 Å². The quantitative estimate of drug-likeness (QED) is 0.794. The normalized spacial score (nSPS) is 15.8. The fourth-order valence-corrected chi connectivity index (χ4v) is 3.43. The minimum atomic E-state index is 0.464. The highest BCUT2D eigenvalue weighted by Gasteiger charge is 2.22. The van der Waals surface area contributed by atoms with E-state index in [0.29, 0.717) is 30.0 Å². The molecule has 2 aromatic heterocycles. The zero-order chi connectivity index (χ0) is 16.1. The summed E-state index contributed by atoms with van der Waals surface area (Å²) in [7, 11) is 1.65. The van der Waals surface area contributed by atoms with E-state index < -0.39 is 0 Å². The molecule has 8 heteroatoms. The van der Waals surface area contributed by atoms with Crippen molar-refractivity contribution in [3.05, 3.63) is 29.2 Å². The molecule has 0 bridgehead atoms. The van der Waals surface area contributed by atoms with Gasteiger partial charge in [-0.2, -0.15) is 4.37 Å². The number of ether oxygens (including phenoxy) is 2. The van der Waals surface area contributed by atoms with Gasteiger partial charge in [-0.1, -0.05) is 11.6 Å². The van der Waals surface area contributed by atoms with Crippen molar-refractivity contribution >= 4 is 28.3 Å². The van der Waals surface area contributed by atoms with Gasteiger partial charge in [-0.05, 0) is 30.9 Å². The van der Waals surface area contributed by atoms with Crippen molar-refractivity contribution in [3.63, 3.8) is 0 Å². The van der Waals surface area contributed by atoms with E-state index in [1.165, 1.54) is 11.5 Å². The molecular formula is C15H19ClN4O2S. The molecule has 1 saturated heterocycles. The van der Waals surface area contributed by atoms with Crippen LogP contribution in [0.15, 0.2) is 18.3 Å². The summed E-state index contributed by atoms with van der Waals surface area (Å²) >= 11 is 7.49. The monoisotopic (exact) mass is 354 g/mol. The lowest BCUT2D eigenvalue weighted by atomic mass is 9.98. The van der Waals surface area contributed by atoms with Gasteiger partial charge in [0.2, 0.25) is 11.0 Å². The number of rotatable bonds is 6. The number of hydrogen-bond donors (Lipinski definition) is 0. The molecule has 0 unspecified atom stereocenters. The highest BCUT2D eigenvalue weighted by atomic mass is 35.5. The summed E-state index contributed by atoms with van der Waals surface area (Å²) in [6, 6.07) is 3.59. The summed E-state index contributed by atoms with van der Waals surface area (Å²) in [6.07, 6.45) is 3.81. The fourth-order valence-electron chi connectivity index (χ4n) is 2.53. The Balaban J connectivity index is 1.47. The molecule has 1 aliphatic rings. The summed E-state index contributed by atoms with van der Waals surface area (Å²) in [5.74, 6) is 1.78. The van der Waals surface area contributed by atoms with Gasteiger partial charge in [-0.3, -0.25) is 0 Å². The molecule has 0 spiro atoms. The summed E-state index contributed by atoms with van der Waals surface area (Å²) in [4.78, 5) is 10.9. The minimum Gasteiger partial charge on any atom is -0.476 e. The van der Waals surface area contributed by atoms with Crippen LogP contribution >= 0.6 is 23.1 Å². The second-order valence-electron chi connectivity index (χ2n) is 5.46. The second-order valence-corrected chi connectivity index (χ2v) is 6.60. The van der Waals surface area contributed by atoms with Gasteiger partial charge in [-0.15, -0.1) is 0 Å². The van der Waals surface area contributed by atoms with Crippen molar-refractivity contribution in [3.8, 4) is 5.88 Å². The smallest absolute Gasteiger partial charge is 0.232 e. The topological polar surface area (TPSA) is 60.4 Å². The first-order valence-corrected chi connectivity index (χ1v) is 8.71. The third-order valence-electron chi connectivity index (χ3n) is 3.80. The third kappa shape index (κ3) is 4.31. The highest BCUT2D eigenvalue weighted by molar-refractivity contribution is 7.09. The molecule has 0 aromatic carbocycles. The lowest BCUT2D eigenvalue weighted by molar-refractivity contribution is 0.179. The molecule has 124 valence electrons. The molecule has 1 fully saturated rings. The maximum atomic E-state index is 6.05. The predicted molar refractivity (Wildman–Crippen MR) is 90.3 cm³/mol. The van der Waals surface area contributed by atoms with Crippen LogP contribution in [0, 0.1) is 5.92 Å². The molecule has 3 rings (SSSR count).